The first kappa shape index (κ1) is 6.98. The molecule has 2 rings (SSSR count). The van der Waals surface area contributed by atoms with Gasteiger partial charge >= 0.3 is 0 Å². The van der Waals surface area contributed by atoms with Crippen LogP contribution in [-0.4, -0.2) is 13.2 Å². The van der Waals surface area contributed by atoms with E-state index in [1.807, 2.05) is 11.4 Å². The van der Waals surface area contributed by atoms with Crippen LogP contribution in [0.25, 0.3) is 0 Å². The van der Waals surface area contributed by atoms with E-state index >= 15 is 0 Å². The minimum Gasteiger partial charge on any atom is -0.489 e. The van der Waals surface area contributed by atoms with E-state index in [1.54, 1.807) is 11.3 Å². The molecule has 3 heteroatoms. The van der Waals surface area contributed by atoms with Crippen LogP contribution < -0.4 is 9.47 Å². The molecule has 0 fully saturated rings. The summed E-state index contributed by atoms with van der Waals surface area (Å²) in [5, 5.41) is 2.93. The summed E-state index contributed by atoms with van der Waals surface area (Å²) in [6, 6.07) is 1.96. The zero-order chi connectivity index (χ0) is 7.52. The van der Waals surface area contributed by atoms with Crippen LogP contribution in [0.15, 0.2) is 11.4 Å². The summed E-state index contributed by atoms with van der Waals surface area (Å²) in [6.45, 7) is 1.66. The Morgan fingerprint density at radius 3 is 2.91 bits per heavy atom. The van der Waals surface area contributed by atoms with E-state index in [9.17, 15) is 0 Å². The first-order valence-corrected chi connectivity index (χ1v) is 4.68. The third-order valence-electron chi connectivity index (χ3n) is 1.63. The average molecular weight is 170 g/mol. The van der Waals surface area contributed by atoms with Crippen LogP contribution in [0.2, 0.25) is 0 Å². The van der Waals surface area contributed by atoms with Crippen molar-refractivity contribution in [1.82, 2.24) is 0 Å². The monoisotopic (exact) mass is 170 g/mol. The van der Waals surface area contributed by atoms with Crippen molar-refractivity contribution in [1.29, 1.82) is 0 Å². The van der Waals surface area contributed by atoms with Crippen LogP contribution in [0.1, 0.15) is 12.8 Å². The van der Waals surface area contributed by atoms with Gasteiger partial charge in [0.25, 0.3) is 0 Å². The average Bonchev–Trinajstić information content (AvgIpc) is 2.35. The Hall–Kier alpha value is -0.700. The molecule has 1 aromatic rings. The van der Waals surface area contributed by atoms with E-state index in [-0.39, 0.29) is 0 Å². The van der Waals surface area contributed by atoms with Gasteiger partial charge in [-0.2, -0.15) is 0 Å². The lowest BCUT2D eigenvalue weighted by molar-refractivity contribution is 0.230. The second kappa shape index (κ2) is 3.13. The smallest absolute Gasteiger partial charge is 0.216 e. The van der Waals surface area contributed by atoms with Gasteiger partial charge in [0, 0.05) is 0 Å². The standard InChI is InChI=1S/C8H10O2S/c1-2-5-10-8-7(9-4-1)3-6-11-8/h3,6H,1-2,4-5H2. The van der Waals surface area contributed by atoms with Gasteiger partial charge < -0.3 is 9.47 Å². The molecule has 0 aliphatic carbocycles. The molecular weight excluding hydrogens is 160 g/mol. The van der Waals surface area contributed by atoms with Crippen molar-refractivity contribution in [3.63, 3.8) is 0 Å². The van der Waals surface area contributed by atoms with Crippen LogP contribution in [0.4, 0.5) is 0 Å². The van der Waals surface area contributed by atoms with Gasteiger partial charge in [0.2, 0.25) is 5.06 Å². The number of thiophene rings is 1. The van der Waals surface area contributed by atoms with E-state index in [1.165, 1.54) is 0 Å². The third-order valence-corrected chi connectivity index (χ3v) is 2.43. The molecule has 2 nitrogen and oxygen atoms in total. The number of hydrogen-bond acceptors (Lipinski definition) is 3. The number of rotatable bonds is 0. The van der Waals surface area contributed by atoms with Crippen LogP contribution in [0.5, 0.6) is 10.8 Å². The maximum Gasteiger partial charge on any atom is 0.216 e. The van der Waals surface area contributed by atoms with Crippen molar-refractivity contribution >= 4 is 11.3 Å². The predicted octanol–water partition coefficient (Wildman–Crippen LogP) is 2.30. The summed E-state index contributed by atoms with van der Waals surface area (Å²) in [5.74, 6) is 0.912. The second-order valence-corrected chi connectivity index (χ2v) is 3.35. The molecule has 1 aromatic heterocycles. The molecule has 0 aromatic carbocycles. The Bertz CT molecular complexity index is 209. The number of ether oxygens (including phenoxy) is 2. The fraction of sp³-hybridized carbons (Fsp3) is 0.500. The van der Waals surface area contributed by atoms with Crippen molar-refractivity contribution in [2.45, 2.75) is 12.8 Å². The number of hydrogen-bond donors (Lipinski definition) is 0. The Labute approximate surface area is 69.8 Å². The van der Waals surface area contributed by atoms with E-state index in [2.05, 4.69) is 0 Å². The fourth-order valence-corrected chi connectivity index (χ4v) is 1.76. The molecule has 0 spiro atoms. The zero-order valence-electron chi connectivity index (χ0n) is 6.21. The van der Waals surface area contributed by atoms with Crippen molar-refractivity contribution in [2.24, 2.45) is 0 Å². The number of fused-ring (bicyclic) bond motifs is 1. The van der Waals surface area contributed by atoms with Gasteiger partial charge in [-0.25, -0.2) is 0 Å². The summed E-state index contributed by atoms with van der Waals surface area (Å²) in [4.78, 5) is 0. The highest BCUT2D eigenvalue weighted by Gasteiger charge is 2.08. The van der Waals surface area contributed by atoms with Crippen molar-refractivity contribution in [2.75, 3.05) is 13.2 Å². The zero-order valence-corrected chi connectivity index (χ0v) is 7.02. The molecule has 0 saturated carbocycles. The Kier molecular flexibility index (Phi) is 1.99. The summed E-state index contributed by atoms with van der Waals surface area (Å²) in [7, 11) is 0. The lowest BCUT2D eigenvalue weighted by Gasteiger charge is -2.11. The highest BCUT2D eigenvalue weighted by Crippen LogP contribution is 2.34. The molecule has 1 aliphatic rings. The third kappa shape index (κ3) is 1.48. The Balaban J connectivity index is 2.18. The van der Waals surface area contributed by atoms with Gasteiger partial charge in [0.05, 0.1) is 13.2 Å². The highest BCUT2D eigenvalue weighted by atomic mass is 32.1. The molecular formula is C8H10O2S. The molecule has 0 bridgehead atoms. The van der Waals surface area contributed by atoms with Gasteiger partial charge in [0.1, 0.15) is 0 Å². The molecule has 0 unspecified atom stereocenters. The summed E-state index contributed by atoms with van der Waals surface area (Å²) < 4.78 is 10.9. The van der Waals surface area contributed by atoms with Gasteiger partial charge in [0.15, 0.2) is 5.75 Å². The fourth-order valence-electron chi connectivity index (χ4n) is 1.05. The minimum atomic E-state index is 0.826. The molecule has 0 N–H and O–H groups in total. The van der Waals surface area contributed by atoms with Gasteiger partial charge in [-0.1, -0.05) is 0 Å². The minimum absolute atomic E-state index is 0.826. The lowest BCUT2D eigenvalue weighted by Crippen LogP contribution is -2.06. The first-order valence-electron chi connectivity index (χ1n) is 3.80. The molecule has 0 saturated heterocycles. The maximum atomic E-state index is 5.46. The first-order chi connectivity index (χ1) is 5.47. The van der Waals surface area contributed by atoms with Crippen molar-refractivity contribution < 1.29 is 9.47 Å². The van der Waals surface area contributed by atoms with Gasteiger partial charge in [-0.05, 0) is 24.3 Å². The van der Waals surface area contributed by atoms with Gasteiger partial charge in [-0.3, -0.25) is 0 Å². The molecule has 0 radical (unpaired) electrons. The van der Waals surface area contributed by atoms with E-state index in [0.29, 0.717) is 0 Å². The second-order valence-electron chi connectivity index (χ2n) is 2.48. The summed E-state index contributed by atoms with van der Waals surface area (Å²) in [6.07, 6.45) is 2.19. The van der Waals surface area contributed by atoms with E-state index < -0.39 is 0 Å². The van der Waals surface area contributed by atoms with Crippen molar-refractivity contribution in [3.8, 4) is 10.8 Å². The maximum absolute atomic E-state index is 5.46. The Morgan fingerprint density at radius 1 is 1.18 bits per heavy atom. The van der Waals surface area contributed by atoms with Crippen molar-refractivity contribution in [3.05, 3.63) is 11.4 Å². The summed E-state index contributed by atoms with van der Waals surface area (Å²) >= 11 is 1.60. The molecule has 0 atom stereocenters. The molecule has 60 valence electrons. The topological polar surface area (TPSA) is 18.5 Å². The predicted molar refractivity (Wildman–Crippen MR) is 44.5 cm³/mol. The largest absolute Gasteiger partial charge is 0.489 e. The Morgan fingerprint density at radius 2 is 2.00 bits per heavy atom. The van der Waals surface area contributed by atoms with Crippen LogP contribution in [0, 0.1) is 0 Å². The molecule has 1 aliphatic heterocycles. The normalized spacial score (nSPS) is 17.1. The van der Waals surface area contributed by atoms with Crippen LogP contribution in [-0.2, 0) is 0 Å². The molecule has 11 heavy (non-hydrogen) atoms. The SMILES string of the molecule is c1cc2c(s1)OCCCCO2. The molecule has 2 heterocycles. The highest BCUT2D eigenvalue weighted by molar-refractivity contribution is 7.12. The lowest BCUT2D eigenvalue weighted by atomic mass is 10.3. The summed E-state index contributed by atoms with van der Waals surface area (Å²) in [5.41, 5.74) is 0. The van der Waals surface area contributed by atoms with Crippen LogP contribution in [0.3, 0.4) is 0 Å². The van der Waals surface area contributed by atoms with Gasteiger partial charge in [-0.15, -0.1) is 11.3 Å². The van der Waals surface area contributed by atoms with E-state index in [4.69, 9.17) is 9.47 Å². The van der Waals surface area contributed by atoms with Crippen LogP contribution >= 0.6 is 11.3 Å². The quantitative estimate of drug-likeness (QED) is 0.594. The molecule has 0 amide bonds. The van der Waals surface area contributed by atoms with E-state index in [0.717, 1.165) is 36.9 Å².